The summed E-state index contributed by atoms with van der Waals surface area (Å²) in [4.78, 5) is 0. The highest BCUT2D eigenvalue weighted by Crippen LogP contribution is 2.23. The predicted octanol–water partition coefficient (Wildman–Crippen LogP) is 2.45. The van der Waals surface area contributed by atoms with Gasteiger partial charge in [0.25, 0.3) is 0 Å². The van der Waals surface area contributed by atoms with Crippen molar-refractivity contribution in [2.45, 2.75) is 0 Å². The molecular formula is C12H13BrO3. The first-order valence-corrected chi connectivity index (χ1v) is 5.53. The Morgan fingerprint density at radius 3 is 2.69 bits per heavy atom. The highest BCUT2D eigenvalue weighted by atomic mass is 79.9. The van der Waals surface area contributed by atoms with Crippen molar-refractivity contribution in [1.82, 2.24) is 0 Å². The Morgan fingerprint density at radius 2 is 1.94 bits per heavy atom. The Kier molecular flexibility index (Phi) is 6.66. The first-order chi connectivity index (χ1) is 7.84. The summed E-state index contributed by atoms with van der Waals surface area (Å²) in [7, 11) is 1.57. The Labute approximate surface area is 104 Å². The maximum atomic E-state index is 5.44. The monoisotopic (exact) mass is 284 g/mol. The lowest BCUT2D eigenvalue weighted by molar-refractivity contribution is -0.0166. The van der Waals surface area contributed by atoms with E-state index < -0.39 is 0 Å². The number of hydrogen-bond acceptors (Lipinski definition) is 3. The first kappa shape index (κ1) is 13.0. The van der Waals surface area contributed by atoms with E-state index in [0.29, 0.717) is 13.2 Å². The third kappa shape index (κ3) is 5.17. The molecule has 86 valence electrons. The fourth-order valence-electron chi connectivity index (χ4n) is 0.954. The van der Waals surface area contributed by atoms with Crippen LogP contribution in [0.2, 0.25) is 0 Å². The van der Waals surface area contributed by atoms with Crippen LogP contribution in [-0.2, 0) is 9.47 Å². The topological polar surface area (TPSA) is 27.7 Å². The largest absolute Gasteiger partial charge is 0.480 e. The summed E-state index contributed by atoms with van der Waals surface area (Å²) < 4.78 is 16.1. The zero-order valence-electron chi connectivity index (χ0n) is 9.03. The molecule has 1 aromatic carbocycles. The molecule has 0 fully saturated rings. The normalized spacial score (nSPS) is 9.38. The molecule has 0 radical (unpaired) electrons. The second kappa shape index (κ2) is 8.17. The minimum Gasteiger partial charge on any atom is -0.480 e. The van der Waals surface area contributed by atoms with E-state index in [1.165, 1.54) is 0 Å². The summed E-state index contributed by atoms with van der Waals surface area (Å²) in [6.07, 6.45) is 0. The van der Waals surface area contributed by atoms with Gasteiger partial charge in [-0.25, -0.2) is 0 Å². The van der Waals surface area contributed by atoms with Gasteiger partial charge in [-0.1, -0.05) is 24.0 Å². The van der Waals surface area contributed by atoms with Gasteiger partial charge in [0, 0.05) is 7.11 Å². The Hall–Kier alpha value is -1.02. The third-order valence-electron chi connectivity index (χ3n) is 1.64. The minimum atomic E-state index is 0.264. The molecular weight excluding hydrogens is 272 g/mol. The number of ether oxygens (including phenoxy) is 3. The molecule has 16 heavy (non-hydrogen) atoms. The van der Waals surface area contributed by atoms with Crippen LogP contribution in [0.4, 0.5) is 0 Å². The maximum absolute atomic E-state index is 5.44. The molecule has 0 amide bonds. The van der Waals surface area contributed by atoms with Crippen LogP contribution >= 0.6 is 15.9 Å². The maximum Gasteiger partial charge on any atom is 0.149 e. The van der Waals surface area contributed by atoms with Gasteiger partial charge >= 0.3 is 0 Å². The smallest absolute Gasteiger partial charge is 0.149 e. The molecule has 0 saturated carbocycles. The standard InChI is InChI=1S/C12H13BrO3/c1-14-10-15-8-4-5-9-16-12-7-3-2-6-11(12)13/h2-3,6-7H,8-10H2,1H3. The van der Waals surface area contributed by atoms with E-state index in [2.05, 4.69) is 27.8 Å². The summed E-state index contributed by atoms with van der Waals surface area (Å²) in [6.45, 7) is 0.964. The van der Waals surface area contributed by atoms with E-state index in [0.717, 1.165) is 10.2 Å². The van der Waals surface area contributed by atoms with Gasteiger partial charge in [-0.05, 0) is 28.1 Å². The van der Waals surface area contributed by atoms with Gasteiger partial charge in [-0.15, -0.1) is 0 Å². The molecule has 0 N–H and O–H groups in total. The van der Waals surface area contributed by atoms with Crippen LogP contribution in [0, 0.1) is 11.8 Å². The van der Waals surface area contributed by atoms with Crippen molar-refractivity contribution < 1.29 is 14.2 Å². The van der Waals surface area contributed by atoms with Gasteiger partial charge < -0.3 is 14.2 Å². The van der Waals surface area contributed by atoms with Crippen LogP contribution in [0.3, 0.4) is 0 Å². The van der Waals surface area contributed by atoms with Crippen LogP contribution in [0.25, 0.3) is 0 Å². The van der Waals surface area contributed by atoms with Crippen LogP contribution in [-0.4, -0.2) is 27.1 Å². The molecule has 1 aromatic rings. The molecule has 0 unspecified atom stereocenters. The quantitative estimate of drug-likeness (QED) is 0.472. The number of halogens is 1. The fraction of sp³-hybridized carbons (Fsp3) is 0.333. The number of methoxy groups -OCH3 is 1. The lowest BCUT2D eigenvalue weighted by Gasteiger charge is -2.03. The number of para-hydroxylation sites is 1. The molecule has 0 spiro atoms. The third-order valence-corrected chi connectivity index (χ3v) is 2.29. The first-order valence-electron chi connectivity index (χ1n) is 4.74. The van der Waals surface area contributed by atoms with Crippen molar-refractivity contribution in [3.8, 4) is 17.6 Å². The van der Waals surface area contributed by atoms with Crippen LogP contribution in [0.5, 0.6) is 5.75 Å². The van der Waals surface area contributed by atoms with E-state index in [4.69, 9.17) is 14.2 Å². The SMILES string of the molecule is COCOCC#CCOc1ccccc1Br. The van der Waals surface area contributed by atoms with Crippen LogP contribution in [0.1, 0.15) is 0 Å². The number of benzene rings is 1. The zero-order chi connectivity index (χ0) is 11.6. The van der Waals surface area contributed by atoms with Gasteiger partial charge in [0.05, 0.1) is 4.47 Å². The van der Waals surface area contributed by atoms with Crippen LogP contribution in [0.15, 0.2) is 28.7 Å². The number of hydrogen-bond donors (Lipinski definition) is 0. The van der Waals surface area contributed by atoms with Crippen molar-refractivity contribution >= 4 is 15.9 Å². The summed E-state index contributed by atoms with van der Waals surface area (Å²) in [5, 5.41) is 0. The molecule has 0 atom stereocenters. The molecule has 0 aliphatic carbocycles. The summed E-state index contributed by atoms with van der Waals surface area (Å²) in [5.74, 6) is 6.45. The van der Waals surface area contributed by atoms with E-state index in [1.54, 1.807) is 7.11 Å². The van der Waals surface area contributed by atoms with Gasteiger partial charge in [-0.2, -0.15) is 0 Å². The molecule has 0 aliphatic heterocycles. The van der Waals surface area contributed by atoms with E-state index >= 15 is 0 Å². The van der Waals surface area contributed by atoms with E-state index in [1.807, 2.05) is 24.3 Å². The average Bonchev–Trinajstić information content (AvgIpc) is 2.30. The minimum absolute atomic E-state index is 0.264. The summed E-state index contributed by atoms with van der Waals surface area (Å²) in [6, 6.07) is 7.65. The second-order valence-electron chi connectivity index (χ2n) is 2.83. The van der Waals surface area contributed by atoms with E-state index in [9.17, 15) is 0 Å². The number of rotatable bonds is 5. The van der Waals surface area contributed by atoms with Crippen molar-refractivity contribution in [2.75, 3.05) is 27.1 Å². The Bertz CT molecular complexity index is 368. The molecule has 0 saturated heterocycles. The summed E-state index contributed by atoms with van der Waals surface area (Å²) in [5.41, 5.74) is 0. The molecule has 0 bridgehead atoms. The van der Waals surface area contributed by atoms with Crippen molar-refractivity contribution in [3.63, 3.8) is 0 Å². The fourth-order valence-corrected chi connectivity index (χ4v) is 1.35. The van der Waals surface area contributed by atoms with E-state index in [-0.39, 0.29) is 6.79 Å². The zero-order valence-corrected chi connectivity index (χ0v) is 10.6. The highest BCUT2D eigenvalue weighted by molar-refractivity contribution is 9.10. The molecule has 3 nitrogen and oxygen atoms in total. The molecule has 4 heteroatoms. The molecule has 0 aliphatic rings. The lowest BCUT2D eigenvalue weighted by Crippen LogP contribution is -1.98. The Morgan fingerprint density at radius 1 is 1.19 bits per heavy atom. The lowest BCUT2D eigenvalue weighted by atomic mass is 10.3. The Balaban J connectivity index is 2.22. The summed E-state index contributed by atoms with van der Waals surface area (Å²) >= 11 is 3.39. The second-order valence-corrected chi connectivity index (χ2v) is 3.68. The molecule has 1 rings (SSSR count). The average molecular weight is 285 g/mol. The van der Waals surface area contributed by atoms with Gasteiger partial charge in [0.15, 0.2) is 0 Å². The van der Waals surface area contributed by atoms with Crippen molar-refractivity contribution in [3.05, 3.63) is 28.7 Å². The highest BCUT2D eigenvalue weighted by Gasteiger charge is 1.96. The predicted molar refractivity (Wildman–Crippen MR) is 65.2 cm³/mol. The van der Waals surface area contributed by atoms with Crippen LogP contribution < -0.4 is 4.74 Å². The molecule has 0 aromatic heterocycles. The van der Waals surface area contributed by atoms with Crippen molar-refractivity contribution in [1.29, 1.82) is 0 Å². The van der Waals surface area contributed by atoms with Gasteiger partial charge in [0.2, 0.25) is 0 Å². The van der Waals surface area contributed by atoms with Crippen molar-refractivity contribution in [2.24, 2.45) is 0 Å². The van der Waals surface area contributed by atoms with Gasteiger partial charge in [-0.3, -0.25) is 0 Å². The molecule has 0 heterocycles. The van der Waals surface area contributed by atoms with Gasteiger partial charge in [0.1, 0.15) is 25.8 Å².